The van der Waals surface area contributed by atoms with Crippen LogP contribution < -0.4 is 5.32 Å². The fraction of sp³-hybridized carbons (Fsp3) is 0.500. The van der Waals surface area contributed by atoms with Gasteiger partial charge in [-0.05, 0) is 25.5 Å². The molecule has 1 N–H and O–H groups in total. The first-order chi connectivity index (χ1) is 12.5. The molecule has 140 valence electrons. The maximum atomic E-state index is 12.3. The molecule has 0 spiro atoms. The van der Waals surface area contributed by atoms with Gasteiger partial charge in [0.15, 0.2) is 0 Å². The van der Waals surface area contributed by atoms with Gasteiger partial charge in [0.25, 0.3) is 5.91 Å². The summed E-state index contributed by atoms with van der Waals surface area (Å²) >= 11 is 1.74. The third-order valence-corrected chi connectivity index (χ3v) is 5.62. The van der Waals surface area contributed by atoms with Gasteiger partial charge >= 0.3 is 0 Å². The highest BCUT2D eigenvalue weighted by Crippen LogP contribution is 2.16. The van der Waals surface area contributed by atoms with E-state index in [2.05, 4.69) is 34.4 Å². The molecule has 26 heavy (non-hydrogen) atoms. The minimum absolute atomic E-state index is 0.0158. The van der Waals surface area contributed by atoms with Crippen LogP contribution in [0.5, 0.6) is 0 Å². The molecule has 0 saturated carbocycles. The first kappa shape index (κ1) is 18.6. The lowest BCUT2D eigenvalue weighted by atomic mass is 10.2. The Hall–Kier alpha value is -2.19. The summed E-state index contributed by atoms with van der Waals surface area (Å²) in [7, 11) is 0. The van der Waals surface area contributed by atoms with Crippen molar-refractivity contribution < 1.29 is 14.1 Å². The van der Waals surface area contributed by atoms with Gasteiger partial charge in [0.2, 0.25) is 11.7 Å². The Labute approximate surface area is 156 Å². The molecule has 0 unspecified atom stereocenters. The van der Waals surface area contributed by atoms with Gasteiger partial charge < -0.3 is 14.7 Å². The molecule has 7 nitrogen and oxygen atoms in total. The van der Waals surface area contributed by atoms with Crippen LogP contribution in [0, 0.1) is 6.92 Å². The number of hydrogen-bond acceptors (Lipinski definition) is 6. The molecule has 1 saturated heterocycles. The second-order valence-corrected chi connectivity index (χ2v) is 7.65. The number of nitrogens with one attached hydrogen (secondary N) is 1. The van der Waals surface area contributed by atoms with Crippen LogP contribution in [0.4, 0.5) is 0 Å². The highest BCUT2D eigenvalue weighted by atomic mass is 32.1. The zero-order chi connectivity index (χ0) is 18.5. The first-order valence-corrected chi connectivity index (χ1v) is 9.66. The zero-order valence-corrected chi connectivity index (χ0v) is 16.0. The molecule has 1 aliphatic heterocycles. The lowest BCUT2D eigenvalue weighted by Gasteiger charge is -2.33. The van der Waals surface area contributed by atoms with Crippen LogP contribution in [-0.4, -0.2) is 59.5 Å². The summed E-state index contributed by atoms with van der Waals surface area (Å²) in [6, 6.07) is 5.83. The van der Waals surface area contributed by atoms with Gasteiger partial charge in [0, 0.05) is 42.0 Å². The Morgan fingerprint density at radius 2 is 1.96 bits per heavy atom. The van der Waals surface area contributed by atoms with E-state index in [9.17, 15) is 9.59 Å². The number of aromatic nitrogens is 1. The fourth-order valence-corrected chi connectivity index (χ4v) is 3.78. The maximum Gasteiger partial charge on any atom is 0.292 e. The van der Waals surface area contributed by atoms with E-state index in [-0.39, 0.29) is 17.6 Å². The first-order valence-electron chi connectivity index (χ1n) is 8.84. The number of carbonyl (C=O) groups is 2. The largest absolute Gasteiger partial charge is 0.351 e. The van der Waals surface area contributed by atoms with Gasteiger partial charge in [0.05, 0.1) is 18.8 Å². The summed E-state index contributed by atoms with van der Waals surface area (Å²) in [5.41, 5.74) is 0.695. The molecule has 3 rings (SSSR count). The van der Waals surface area contributed by atoms with Gasteiger partial charge in [0.1, 0.15) is 0 Å². The maximum absolute atomic E-state index is 12.3. The number of carbonyl (C=O) groups excluding carboxylic acids is 2. The smallest absolute Gasteiger partial charge is 0.292 e. The van der Waals surface area contributed by atoms with Gasteiger partial charge in [-0.3, -0.25) is 14.5 Å². The summed E-state index contributed by atoms with van der Waals surface area (Å²) in [4.78, 5) is 30.8. The summed E-state index contributed by atoms with van der Waals surface area (Å²) in [5, 5.41) is 6.73. The SMILES string of the molecule is CCc1ccc(CNC(=O)CN2CCN(C(=O)c3cc(C)no3)CC2)s1. The third-order valence-electron chi connectivity index (χ3n) is 4.39. The average molecular weight is 376 g/mol. The number of aryl methyl sites for hydroxylation is 2. The van der Waals surface area contributed by atoms with Crippen molar-refractivity contribution in [2.45, 2.75) is 26.8 Å². The van der Waals surface area contributed by atoms with Crippen LogP contribution in [0.3, 0.4) is 0 Å². The minimum atomic E-state index is -0.140. The number of thiophene rings is 1. The van der Waals surface area contributed by atoms with Crippen molar-refractivity contribution in [2.24, 2.45) is 0 Å². The Balaban J connectivity index is 1.40. The molecule has 0 aliphatic carbocycles. The number of hydrogen-bond donors (Lipinski definition) is 1. The highest BCUT2D eigenvalue weighted by Gasteiger charge is 2.25. The van der Waals surface area contributed by atoms with Crippen LogP contribution in [0.25, 0.3) is 0 Å². The number of nitrogens with zero attached hydrogens (tertiary/aromatic N) is 3. The number of amides is 2. The van der Waals surface area contributed by atoms with E-state index in [0.717, 1.165) is 6.42 Å². The van der Waals surface area contributed by atoms with Crippen LogP contribution in [0.2, 0.25) is 0 Å². The Kier molecular flexibility index (Phi) is 6.05. The van der Waals surface area contributed by atoms with Gasteiger partial charge in [-0.25, -0.2) is 0 Å². The quantitative estimate of drug-likeness (QED) is 0.830. The lowest BCUT2D eigenvalue weighted by Crippen LogP contribution is -2.51. The van der Waals surface area contributed by atoms with E-state index < -0.39 is 0 Å². The molecule has 1 aliphatic rings. The van der Waals surface area contributed by atoms with Crippen molar-refractivity contribution in [3.05, 3.63) is 39.4 Å². The van der Waals surface area contributed by atoms with E-state index >= 15 is 0 Å². The minimum Gasteiger partial charge on any atom is -0.351 e. The molecule has 0 bridgehead atoms. The summed E-state index contributed by atoms with van der Waals surface area (Å²) in [6.45, 7) is 7.35. The standard InChI is InChI=1S/C18H24N4O3S/c1-3-14-4-5-15(26-14)11-19-17(23)12-21-6-8-22(9-7-21)18(24)16-10-13(2)20-25-16/h4-5,10H,3,6-9,11-12H2,1-2H3,(H,19,23). The highest BCUT2D eigenvalue weighted by molar-refractivity contribution is 7.11. The normalized spacial score (nSPS) is 15.2. The topological polar surface area (TPSA) is 78.7 Å². The van der Waals surface area contributed by atoms with Crippen LogP contribution >= 0.6 is 11.3 Å². The van der Waals surface area contributed by atoms with Crippen molar-refractivity contribution in [3.8, 4) is 0 Å². The van der Waals surface area contributed by atoms with E-state index in [1.165, 1.54) is 9.75 Å². The predicted molar refractivity (Wildman–Crippen MR) is 99.1 cm³/mol. The second-order valence-electron chi connectivity index (χ2n) is 6.40. The second kappa shape index (κ2) is 8.46. The molecule has 0 radical (unpaired) electrons. The van der Waals surface area contributed by atoms with Crippen LogP contribution in [0.15, 0.2) is 22.7 Å². The Morgan fingerprint density at radius 3 is 2.58 bits per heavy atom. The molecule has 2 amide bonds. The summed E-state index contributed by atoms with van der Waals surface area (Å²) in [6.07, 6.45) is 1.02. The Morgan fingerprint density at radius 1 is 1.23 bits per heavy atom. The van der Waals surface area contributed by atoms with E-state index in [1.807, 2.05) is 0 Å². The molecular weight excluding hydrogens is 352 g/mol. The molecular formula is C18H24N4O3S. The monoisotopic (exact) mass is 376 g/mol. The van der Waals surface area contributed by atoms with Crippen LogP contribution in [-0.2, 0) is 17.8 Å². The summed E-state index contributed by atoms with van der Waals surface area (Å²) < 4.78 is 5.04. The van der Waals surface area contributed by atoms with E-state index in [4.69, 9.17) is 4.52 Å². The molecule has 8 heteroatoms. The number of rotatable bonds is 6. The molecule has 1 fully saturated rings. The molecule has 2 aromatic heterocycles. The van der Waals surface area contributed by atoms with Crippen molar-refractivity contribution in [2.75, 3.05) is 32.7 Å². The van der Waals surface area contributed by atoms with E-state index in [1.54, 1.807) is 29.2 Å². The number of piperazine rings is 1. The van der Waals surface area contributed by atoms with Gasteiger partial charge in [-0.2, -0.15) is 0 Å². The van der Waals surface area contributed by atoms with E-state index in [0.29, 0.717) is 45.0 Å². The zero-order valence-electron chi connectivity index (χ0n) is 15.2. The average Bonchev–Trinajstić information content (AvgIpc) is 3.29. The lowest BCUT2D eigenvalue weighted by molar-refractivity contribution is -0.122. The summed E-state index contributed by atoms with van der Waals surface area (Å²) in [5.74, 6) is 0.150. The van der Waals surface area contributed by atoms with Crippen molar-refractivity contribution in [1.29, 1.82) is 0 Å². The molecule has 0 aromatic carbocycles. The predicted octanol–water partition coefficient (Wildman–Crippen LogP) is 1.68. The third kappa shape index (κ3) is 4.70. The van der Waals surface area contributed by atoms with Crippen molar-refractivity contribution >= 4 is 23.2 Å². The Bertz CT molecular complexity index is 762. The van der Waals surface area contributed by atoms with Crippen molar-refractivity contribution in [1.82, 2.24) is 20.3 Å². The molecule has 0 atom stereocenters. The van der Waals surface area contributed by atoms with Gasteiger partial charge in [-0.15, -0.1) is 11.3 Å². The van der Waals surface area contributed by atoms with Crippen LogP contribution in [0.1, 0.15) is 32.9 Å². The fourth-order valence-electron chi connectivity index (χ4n) is 2.88. The molecule has 3 heterocycles. The van der Waals surface area contributed by atoms with Gasteiger partial charge in [-0.1, -0.05) is 12.1 Å². The van der Waals surface area contributed by atoms with Crippen molar-refractivity contribution in [3.63, 3.8) is 0 Å². The molecule has 2 aromatic rings.